The zero-order valence-corrected chi connectivity index (χ0v) is 11.9. The molecule has 0 radical (unpaired) electrons. The summed E-state index contributed by atoms with van der Waals surface area (Å²) in [4.78, 5) is 2.28. The topological polar surface area (TPSA) is 35.5 Å². The van der Waals surface area contributed by atoms with Crippen molar-refractivity contribution < 1.29 is 5.11 Å². The maximum absolute atomic E-state index is 9.51. The van der Waals surface area contributed by atoms with E-state index in [4.69, 9.17) is 11.6 Å². The van der Waals surface area contributed by atoms with E-state index in [1.807, 2.05) is 12.1 Å². The smallest absolute Gasteiger partial charge is 0.0643 e. The molecular formula is C15H21ClN2O. The minimum Gasteiger partial charge on any atom is -0.394 e. The summed E-state index contributed by atoms with van der Waals surface area (Å²) < 4.78 is 0. The molecule has 0 bridgehead atoms. The fourth-order valence-corrected chi connectivity index (χ4v) is 3.19. The lowest BCUT2D eigenvalue weighted by Gasteiger charge is -2.28. The number of anilines is 1. The fraction of sp³-hybridized carbons (Fsp3) is 0.600. The second-order valence-electron chi connectivity index (χ2n) is 5.57. The average molecular weight is 281 g/mol. The molecule has 19 heavy (non-hydrogen) atoms. The zero-order valence-electron chi connectivity index (χ0n) is 11.1. The molecule has 2 fully saturated rings. The third kappa shape index (κ3) is 2.88. The molecule has 2 aliphatic rings. The van der Waals surface area contributed by atoms with Gasteiger partial charge < -0.3 is 15.3 Å². The summed E-state index contributed by atoms with van der Waals surface area (Å²) in [5.74, 6) is 0. The van der Waals surface area contributed by atoms with Crippen LogP contribution in [0.4, 0.5) is 5.69 Å². The number of rotatable bonds is 5. The maximum atomic E-state index is 9.51. The van der Waals surface area contributed by atoms with Crippen LogP contribution in [0.3, 0.4) is 0 Å². The van der Waals surface area contributed by atoms with Crippen LogP contribution in [-0.4, -0.2) is 30.3 Å². The number of para-hydroxylation sites is 1. The van der Waals surface area contributed by atoms with Crippen LogP contribution >= 0.6 is 11.6 Å². The molecule has 1 aromatic rings. The van der Waals surface area contributed by atoms with Crippen LogP contribution in [-0.2, 0) is 6.54 Å². The van der Waals surface area contributed by atoms with Crippen LogP contribution in [0.15, 0.2) is 18.2 Å². The predicted molar refractivity (Wildman–Crippen MR) is 78.8 cm³/mol. The Morgan fingerprint density at radius 3 is 2.89 bits per heavy atom. The van der Waals surface area contributed by atoms with Gasteiger partial charge in [-0.3, -0.25) is 0 Å². The molecule has 1 atom stereocenters. The van der Waals surface area contributed by atoms with Crippen LogP contribution in [0, 0.1) is 0 Å². The quantitative estimate of drug-likeness (QED) is 0.870. The molecule has 1 aliphatic carbocycles. The summed E-state index contributed by atoms with van der Waals surface area (Å²) in [5, 5.41) is 13.9. The van der Waals surface area contributed by atoms with Crippen molar-refractivity contribution >= 4 is 17.3 Å². The van der Waals surface area contributed by atoms with E-state index in [9.17, 15) is 5.11 Å². The molecule has 3 rings (SSSR count). The van der Waals surface area contributed by atoms with Gasteiger partial charge in [-0.05, 0) is 37.3 Å². The molecule has 1 saturated carbocycles. The van der Waals surface area contributed by atoms with E-state index in [1.165, 1.54) is 18.4 Å². The fourth-order valence-electron chi connectivity index (χ4n) is 2.89. The van der Waals surface area contributed by atoms with Gasteiger partial charge in [-0.25, -0.2) is 0 Å². The number of halogens is 1. The lowest BCUT2D eigenvalue weighted by atomic mass is 10.1. The molecule has 1 aliphatic heterocycles. The van der Waals surface area contributed by atoms with Crippen molar-refractivity contribution in [2.45, 2.75) is 44.3 Å². The first kappa shape index (κ1) is 13.2. The number of nitrogens with zero attached hydrogens (tertiary/aromatic N) is 1. The molecule has 0 aromatic heterocycles. The van der Waals surface area contributed by atoms with Crippen molar-refractivity contribution in [1.29, 1.82) is 0 Å². The monoisotopic (exact) mass is 280 g/mol. The number of hydrogen-bond donors (Lipinski definition) is 2. The number of nitrogens with one attached hydrogen (secondary N) is 1. The second-order valence-corrected chi connectivity index (χ2v) is 5.98. The Morgan fingerprint density at radius 2 is 2.16 bits per heavy atom. The highest BCUT2D eigenvalue weighted by molar-refractivity contribution is 6.33. The second kappa shape index (κ2) is 5.70. The number of hydrogen-bond acceptors (Lipinski definition) is 3. The van der Waals surface area contributed by atoms with Crippen LogP contribution in [0.5, 0.6) is 0 Å². The van der Waals surface area contributed by atoms with E-state index < -0.39 is 0 Å². The first-order valence-corrected chi connectivity index (χ1v) is 7.55. The van der Waals surface area contributed by atoms with Crippen molar-refractivity contribution in [3.63, 3.8) is 0 Å². The Morgan fingerprint density at radius 1 is 1.32 bits per heavy atom. The van der Waals surface area contributed by atoms with Crippen molar-refractivity contribution in [3.8, 4) is 0 Å². The normalized spacial score (nSPS) is 23.1. The van der Waals surface area contributed by atoms with Crippen LogP contribution in [0.25, 0.3) is 0 Å². The van der Waals surface area contributed by atoms with E-state index in [-0.39, 0.29) is 12.6 Å². The van der Waals surface area contributed by atoms with Gasteiger partial charge in [0.25, 0.3) is 0 Å². The minimum atomic E-state index is 0.209. The highest BCUT2D eigenvalue weighted by Gasteiger charge is 2.28. The molecule has 4 heteroatoms. The SMILES string of the molecule is OCC1CCCN1c1c(Cl)cccc1CNC1CC1. The largest absolute Gasteiger partial charge is 0.394 e. The Kier molecular flexibility index (Phi) is 3.96. The molecule has 1 saturated heterocycles. The molecule has 104 valence electrons. The summed E-state index contributed by atoms with van der Waals surface area (Å²) >= 11 is 6.41. The van der Waals surface area contributed by atoms with E-state index in [2.05, 4.69) is 16.3 Å². The molecule has 0 amide bonds. The summed E-state index contributed by atoms with van der Waals surface area (Å²) in [6, 6.07) is 7.02. The maximum Gasteiger partial charge on any atom is 0.0643 e. The summed E-state index contributed by atoms with van der Waals surface area (Å²) in [6.07, 6.45) is 4.76. The highest BCUT2D eigenvalue weighted by atomic mass is 35.5. The number of benzene rings is 1. The third-order valence-electron chi connectivity index (χ3n) is 4.10. The average Bonchev–Trinajstić information content (AvgIpc) is 3.13. The summed E-state index contributed by atoms with van der Waals surface area (Å²) in [6.45, 7) is 2.07. The number of aliphatic hydroxyl groups is 1. The standard InChI is InChI=1S/C15H21ClN2O/c16-14-5-1-3-11(9-17-12-6-7-12)15(14)18-8-2-4-13(18)10-19/h1,3,5,12-13,17,19H,2,4,6-10H2. The van der Waals surface area contributed by atoms with E-state index in [0.29, 0.717) is 6.04 Å². The van der Waals surface area contributed by atoms with Crippen molar-refractivity contribution in [2.24, 2.45) is 0 Å². The van der Waals surface area contributed by atoms with E-state index in [1.54, 1.807) is 0 Å². The lowest BCUT2D eigenvalue weighted by molar-refractivity contribution is 0.266. The minimum absolute atomic E-state index is 0.209. The van der Waals surface area contributed by atoms with Crippen molar-refractivity contribution in [3.05, 3.63) is 28.8 Å². The van der Waals surface area contributed by atoms with Crippen LogP contribution in [0.2, 0.25) is 5.02 Å². The van der Waals surface area contributed by atoms with Gasteiger partial charge in [0.05, 0.1) is 23.4 Å². The van der Waals surface area contributed by atoms with E-state index >= 15 is 0 Å². The van der Waals surface area contributed by atoms with Gasteiger partial charge in [-0.2, -0.15) is 0 Å². The van der Waals surface area contributed by atoms with Gasteiger partial charge in [-0.15, -0.1) is 0 Å². The number of aliphatic hydroxyl groups excluding tert-OH is 1. The molecular weight excluding hydrogens is 260 g/mol. The van der Waals surface area contributed by atoms with Gasteiger partial charge >= 0.3 is 0 Å². The summed E-state index contributed by atoms with van der Waals surface area (Å²) in [7, 11) is 0. The van der Waals surface area contributed by atoms with E-state index in [0.717, 1.165) is 36.6 Å². The van der Waals surface area contributed by atoms with Gasteiger partial charge in [0.15, 0.2) is 0 Å². The first-order valence-electron chi connectivity index (χ1n) is 7.18. The molecule has 0 spiro atoms. The third-order valence-corrected chi connectivity index (χ3v) is 4.41. The van der Waals surface area contributed by atoms with Gasteiger partial charge in [-0.1, -0.05) is 23.7 Å². The van der Waals surface area contributed by atoms with Crippen LogP contribution < -0.4 is 10.2 Å². The molecule has 1 aromatic carbocycles. The highest BCUT2D eigenvalue weighted by Crippen LogP contribution is 2.35. The molecule has 1 heterocycles. The predicted octanol–water partition coefficient (Wildman–Crippen LogP) is 2.55. The zero-order chi connectivity index (χ0) is 13.2. The molecule has 3 nitrogen and oxygen atoms in total. The Hall–Kier alpha value is -0.770. The van der Waals surface area contributed by atoms with Crippen molar-refractivity contribution in [2.75, 3.05) is 18.1 Å². The van der Waals surface area contributed by atoms with Gasteiger partial charge in [0.1, 0.15) is 0 Å². The molecule has 1 unspecified atom stereocenters. The first-order chi connectivity index (χ1) is 9.29. The molecule has 2 N–H and O–H groups in total. The Bertz CT molecular complexity index is 448. The van der Waals surface area contributed by atoms with Gasteiger partial charge in [0.2, 0.25) is 0 Å². The summed E-state index contributed by atoms with van der Waals surface area (Å²) in [5.41, 5.74) is 2.37. The Balaban J connectivity index is 1.84. The van der Waals surface area contributed by atoms with Gasteiger partial charge in [0, 0.05) is 19.1 Å². The van der Waals surface area contributed by atoms with Crippen molar-refractivity contribution in [1.82, 2.24) is 5.32 Å². The lowest BCUT2D eigenvalue weighted by Crippen LogP contribution is -2.33. The van der Waals surface area contributed by atoms with Crippen LogP contribution in [0.1, 0.15) is 31.2 Å². The Labute approximate surface area is 119 Å².